The normalized spacial score (nSPS) is 22.5. The second-order valence-electron chi connectivity index (χ2n) is 3.51. The van der Waals surface area contributed by atoms with Gasteiger partial charge in [-0.15, -0.1) is 10.2 Å². The van der Waals surface area contributed by atoms with E-state index in [4.69, 9.17) is 9.15 Å². The zero-order valence-electron chi connectivity index (χ0n) is 8.32. The molecule has 0 radical (unpaired) electrons. The third kappa shape index (κ3) is 2.10. The predicted octanol–water partition coefficient (Wildman–Crippen LogP) is 0.683. The van der Waals surface area contributed by atoms with E-state index in [1.165, 1.54) is 6.42 Å². The third-order valence-corrected chi connectivity index (χ3v) is 2.40. The van der Waals surface area contributed by atoms with Crippen molar-refractivity contribution in [2.24, 2.45) is 0 Å². The Balaban J connectivity index is 2.00. The molecule has 5 nitrogen and oxygen atoms in total. The van der Waals surface area contributed by atoms with Gasteiger partial charge in [-0.25, -0.2) is 0 Å². The van der Waals surface area contributed by atoms with Gasteiger partial charge < -0.3 is 14.5 Å². The van der Waals surface area contributed by atoms with Gasteiger partial charge >= 0.3 is 0 Å². The summed E-state index contributed by atoms with van der Waals surface area (Å²) in [5.74, 6) is 1.68. The molecule has 1 atom stereocenters. The van der Waals surface area contributed by atoms with Crippen LogP contribution in [0.25, 0.3) is 0 Å². The van der Waals surface area contributed by atoms with Crippen molar-refractivity contribution in [2.45, 2.75) is 25.4 Å². The number of nitrogens with one attached hydrogen (secondary N) is 1. The first kappa shape index (κ1) is 9.61. The molecule has 78 valence electrons. The molecule has 14 heavy (non-hydrogen) atoms. The Morgan fingerprint density at radius 3 is 3.21 bits per heavy atom. The second-order valence-corrected chi connectivity index (χ2v) is 3.51. The van der Waals surface area contributed by atoms with E-state index in [1.54, 1.807) is 7.11 Å². The zero-order chi connectivity index (χ0) is 9.80. The lowest BCUT2D eigenvalue weighted by Crippen LogP contribution is -2.28. The van der Waals surface area contributed by atoms with Gasteiger partial charge in [-0.05, 0) is 19.4 Å². The van der Waals surface area contributed by atoms with E-state index in [9.17, 15) is 0 Å². The van der Waals surface area contributed by atoms with Gasteiger partial charge in [0.05, 0.1) is 0 Å². The van der Waals surface area contributed by atoms with E-state index < -0.39 is 0 Å². The summed E-state index contributed by atoms with van der Waals surface area (Å²) in [6.45, 7) is 2.43. The van der Waals surface area contributed by atoms with Crippen LogP contribution in [0, 0.1) is 0 Å². The monoisotopic (exact) mass is 197 g/mol. The lowest BCUT2D eigenvalue weighted by Gasteiger charge is -2.18. The van der Waals surface area contributed by atoms with Gasteiger partial charge in [-0.1, -0.05) is 0 Å². The first-order chi connectivity index (χ1) is 6.90. The Kier molecular flexibility index (Phi) is 3.10. The molecule has 0 saturated carbocycles. The number of methoxy groups -OCH3 is 1. The lowest BCUT2D eigenvalue weighted by atomic mass is 10.00. The third-order valence-electron chi connectivity index (χ3n) is 2.40. The van der Waals surface area contributed by atoms with Crippen LogP contribution in [0.3, 0.4) is 0 Å². The Morgan fingerprint density at radius 2 is 2.50 bits per heavy atom. The van der Waals surface area contributed by atoms with Crippen LogP contribution in [-0.2, 0) is 11.3 Å². The Morgan fingerprint density at radius 1 is 1.57 bits per heavy atom. The number of ether oxygens (including phenoxy) is 1. The van der Waals surface area contributed by atoms with Gasteiger partial charge in [-0.3, -0.25) is 0 Å². The van der Waals surface area contributed by atoms with E-state index in [0.717, 1.165) is 25.4 Å². The van der Waals surface area contributed by atoms with Gasteiger partial charge in [0.2, 0.25) is 11.8 Å². The van der Waals surface area contributed by atoms with Gasteiger partial charge in [-0.2, -0.15) is 0 Å². The van der Waals surface area contributed by atoms with Crippen LogP contribution in [0.15, 0.2) is 4.42 Å². The maximum atomic E-state index is 5.48. The molecule has 1 aliphatic heterocycles. The van der Waals surface area contributed by atoms with Gasteiger partial charge in [0, 0.05) is 19.6 Å². The van der Waals surface area contributed by atoms with Crippen LogP contribution in [-0.4, -0.2) is 30.4 Å². The molecule has 1 aromatic rings. The fourth-order valence-corrected chi connectivity index (χ4v) is 1.68. The minimum atomic E-state index is 0.377. The van der Waals surface area contributed by atoms with Crippen molar-refractivity contribution < 1.29 is 9.15 Å². The minimum Gasteiger partial charge on any atom is -0.422 e. The number of nitrogens with zero attached hydrogens (tertiary/aromatic N) is 2. The number of rotatable bonds is 3. The van der Waals surface area contributed by atoms with E-state index >= 15 is 0 Å². The molecule has 5 heteroatoms. The van der Waals surface area contributed by atoms with E-state index in [0.29, 0.717) is 18.4 Å². The van der Waals surface area contributed by atoms with Crippen molar-refractivity contribution in [3.63, 3.8) is 0 Å². The molecule has 1 aromatic heterocycles. The summed E-state index contributed by atoms with van der Waals surface area (Å²) in [6, 6.07) is 0. The Bertz CT molecular complexity index is 281. The maximum absolute atomic E-state index is 5.48. The number of hydrogen-bond acceptors (Lipinski definition) is 5. The number of piperidine rings is 1. The van der Waals surface area contributed by atoms with Crippen molar-refractivity contribution in [1.29, 1.82) is 0 Å². The summed E-state index contributed by atoms with van der Waals surface area (Å²) in [5, 5.41) is 11.2. The highest BCUT2D eigenvalue weighted by atomic mass is 16.5. The molecule has 1 fully saturated rings. The molecule has 1 aliphatic rings. The smallest absolute Gasteiger partial charge is 0.242 e. The summed E-state index contributed by atoms with van der Waals surface area (Å²) < 4.78 is 10.4. The van der Waals surface area contributed by atoms with Crippen LogP contribution >= 0.6 is 0 Å². The van der Waals surface area contributed by atoms with Gasteiger partial charge in [0.1, 0.15) is 6.61 Å². The summed E-state index contributed by atoms with van der Waals surface area (Å²) >= 11 is 0. The molecule has 2 rings (SSSR count). The fraction of sp³-hybridized carbons (Fsp3) is 0.778. The van der Waals surface area contributed by atoms with Gasteiger partial charge in [0.15, 0.2) is 0 Å². The first-order valence-electron chi connectivity index (χ1n) is 4.92. The van der Waals surface area contributed by atoms with Crippen LogP contribution in [0.1, 0.15) is 30.5 Å². The summed E-state index contributed by atoms with van der Waals surface area (Å²) in [4.78, 5) is 0. The highest BCUT2D eigenvalue weighted by Gasteiger charge is 2.20. The molecule has 0 aliphatic carbocycles. The molecular weight excluding hydrogens is 182 g/mol. The molecular formula is C9H15N3O2. The lowest BCUT2D eigenvalue weighted by molar-refractivity contribution is 0.156. The number of hydrogen-bond donors (Lipinski definition) is 1. The topological polar surface area (TPSA) is 60.2 Å². The van der Waals surface area contributed by atoms with E-state index in [1.807, 2.05) is 0 Å². The van der Waals surface area contributed by atoms with Crippen molar-refractivity contribution in [1.82, 2.24) is 15.5 Å². The average molecular weight is 197 g/mol. The zero-order valence-corrected chi connectivity index (χ0v) is 8.32. The molecule has 0 amide bonds. The molecule has 1 saturated heterocycles. The Hall–Kier alpha value is -0.940. The first-order valence-corrected chi connectivity index (χ1v) is 4.92. The van der Waals surface area contributed by atoms with Crippen LogP contribution in [0.5, 0.6) is 0 Å². The summed E-state index contributed by atoms with van der Waals surface area (Å²) in [5.41, 5.74) is 0. The summed E-state index contributed by atoms with van der Waals surface area (Å²) in [6.07, 6.45) is 2.30. The SMILES string of the molecule is COCc1nnc(C2CCCNC2)o1. The van der Waals surface area contributed by atoms with Crippen molar-refractivity contribution >= 4 is 0 Å². The van der Waals surface area contributed by atoms with E-state index in [2.05, 4.69) is 15.5 Å². The minimum absolute atomic E-state index is 0.377. The highest BCUT2D eigenvalue weighted by molar-refractivity contribution is 4.94. The standard InChI is InChI=1S/C9H15N3O2/c1-13-6-8-11-12-9(14-8)7-3-2-4-10-5-7/h7,10H,2-6H2,1H3. The predicted molar refractivity (Wildman–Crippen MR) is 49.9 cm³/mol. The molecule has 2 heterocycles. The van der Waals surface area contributed by atoms with Gasteiger partial charge in [0.25, 0.3) is 0 Å². The molecule has 1 unspecified atom stereocenters. The molecule has 0 spiro atoms. The maximum Gasteiger partial charge on any atom is 0.242 e. The quantitative estimate of drug-likeness (QED) is 0.772. The molecule has 0 bridgehead atoms. The van der Waals surface area contributed by atoms with Crippen LogP contribution < -0.4 is 5.32 Å². The van der Waals surface area contributed by atoms with Crippen molar-refractivity contribution in [2.75, 3.05) is 20.2 Å². The highest BCUT2D eigenvalue weighted by Crippen LogP contribution is 2.21. The van der Waals surface area contributed by atoms with E-state index in [-0.39, 0.29) is 0 Å². The number of aromatic nitrogens is 2. The Labute approximate surface area is 82.8 Å². The van der Waals surface area contributed by atoms with Crippen molar-refractivity contribution in [3.05, 3.63) is 11.8 Å². The van der Waals surface area contributed by atoms with Crippen molar-refractivity contribution in [3.8, 4) is 0 Å². The second kappa shape index (κ2) is 4.52. The largest absolute Gasteiger partial charge is 0.422 e. The molecule has 0 aromatic carbocycles. The van der Waals surface area contributed by atoms with Crippen LogP contribution in [0.2, 0.25) is 0 Å². The molecule has 1 N–H and O–H groups in total. The average Bonchev–Trinajstić information content (AvgIpc) is 2.68. The fourth-order valence-electron chi connectivity index (χ4n) is 1.68. The summed E-state index contributed by atoms with van der Waals surface area (Å²) in [7, 11) is 1.62. The van der Waals surface area contributed by atoms with Crippen LogP contribution in [0.4, 0.5) is 0 Å².